The molecular formula is C25H33F3N6O2. The fraction of sp³-hybridized carbons (Fsp3) is 0.600. The molecule has 2 aromatic rings. The summed E-state index contributed by atoms with van der Waals surface area (Å²) in [6.45, 7) is 4.76. The van der Waals surface area contributed by atoms with Gasteiger partial charge in [-0.3, -0.25) is 9.59 Å². The van der Waals surface area contributed by atoms with Gasteiger partial charge in [0.25, 0.3) is 0 Å². The SMILES string of the molecule is CC(C)N(C)[C@@H]1CC[C@H](N2CC[C@H](Nc3ncnc4ccc(C(F)(F)F)cc34)C2=O)[C@@H](CC(N)=O)C1. The minimum absolute atomic E-state index is 0.0422. The Morgan fingerprint density at radius 1 is 1.25 bits per heavy atom. The highest BCUT2D eigenvalue weighted by Gasteiger charge is 2.43. The molecule has 8 nitrogen and oxygen atoms in total. The first-order chi connectivity index (χ1) is 17.0. The van der Waals surface area contributed by atoms with Crippen LogP contribution in [0.2, 0.25) is 0 Å². The van der Waals surface area contributed by atoms with E-state index in [1.54, 1.807) is 0 Å². The predicted molar refractivity (Wildman–Crippen MR) is 130 cm³/mol. The minimum atomic E-state index is -4.50. The average molecular weight is 507 g/mol. The Bertz CT molecular complexity index is 1120. The first-order valence-corrected chi connectivity index (χ1v) is 12.3. The third-order valence-corrected chi connectivity index (χ3v) is 7.68. The van der Waals surface area contributed by atoms with Gasteiger partial charge in [-0.15, -0.1) is 0 Å². The number of carbonyl (C=O) groups is 2. The molecule has 1 aliphatic carbocycles. The first-order valence-electron chi connectivity index (χ1n) is 12.3. The van der Waals surface area contributed by atoms with Crippen LogP contribution in [0.4, 0.5) is 19.0 Å². The van der Waals surface area contributed by atoms with Gasteiger partial charge in [0, 0.05) is 36.5 Å². The number of benzene rings is 1. The molecule has 2 aliphatic rings. The standard InChI is InChI=1S/C25H33F3N6O2/c1-14(2)33(3)17-5-7-21(15(10-17)11-22(29)35)34-9-8-20(24(34)36)32-23-18-12-16(25(26,27)28)4-6-19(18)30-13-31-23/h4,6,12-15,17,20-21H,5,7-11H2,1-3H3,(H2,29,35)(H,30,31,32)/t15-,17-,20+,21+/m1/s1. The van der Waals surface area contributed by atoms with Crippen LogP contribution < -0.4 is 11.1 Å². The molecule has 2 heterocycles. The summed E-state index contributed by atoms with van der Waals surface area (Å²) in [7, 11) is 2.08. The number of primary amides is 1. The number of rotatable bonds is 7. The fourth-order valence-electron chi connectivity index (χ4n) is 5.58. The van der Waals surface area contributed by atoms with Crippen molar-refractivity contribution >= 4 is 28.5 Å². The van der Waals surface area contributed by atoms with Crippen LogP contribution in [0.1, 0.15) is 51.5 Å². The number of hydrogen-bond acceptors (Lipinski definition) is 6. The normalized spacial score (nSPS) is 25.2. The number of hydrogen-bond donors (Lipinski definition) is 2. The Labute approximate surface area is 208 Å². The van der Waals surface area contributed by atoms with Crippen LogP contribution in [0.15, 0.2) is 24.5 Å². The second-order valence-electron chi connectivity index (χ2n) is 10.2. The molecule has 0 unspecified atom stereocenters. The molecule has 0 bridgehead atoms. The molecule has 0 radical (unpaired) electrons. The monoisotopic (exact) mass is 506 g/mol. The molecule has 4 atom stereocenters. The first kappa shape index (κ1) is 26.1. The largest absolute Gasteiger partial charge is 0.416 e. The van der Waals surface area contributed by atoms with E-state index >= 15 is 0 Å². The minimum Gasteiger partial charge on any atom is -0.370 e. The van der Waals surface area contributed by atoms with Crippen LogP contribution in [0.3, 0.4) is 0 Å². The van der Waals surface area contributed by atoms with Gasteiger partial charge in [0.15, 0.2) is 0 Å². The molecule has 3 N–H and O–H groups in total. The summed E-state index contributed by atoms with van der Waals surface area (Å²) < 4.78 is 39.8. The number of likely N-dealkylation sites (tertiary alicyclic amines) is 1. The van der Waals surface area contributed by atoms with Crippen molar-refractivity contribution in [3.8, 4) is 0 Å². The average Bonchev–Trinajstić information content (AvgIpc) is 3.17. The number of aromatic nitrogens is 2. The number of fused-ring (bicyclic) bond motifs is 1. The second-order valence-corrected chi connectivity index (χ2v) is 10.2. The van der Waals surface area contributed by atoms with Crippen molar-refractivity contribution in [2.45, 2.75) is 76.3 Å². The number of halogens is 3. The maximum Gasteiger partial charge on any atom is 0.416 e. The molecule has 196 valence electrons. The number of amides is 2. The van der Waals surface area contributed by atoms with Gasteiger partial charge in [0.05, 0.1) is 11.1 Å². The number of alkyl halides is 3. The van der Waals surface area contributed by atoms with Gasteiger partial charge in [0.2, 0.25) is 11.8 Å². The lowest BCUT2D eigenvalue weighted by Crippen LogP contribution is -2.51. The van der Waals surface area contributed by atoms with Gasteiger partial charge >= 0.3 is 6.18 Å². The number of nitrogens with two attached hydrogens (primary N) is 1. The Morgan fingerprint density at radius 2 is 2.00 bits per heavy atom. The molecule has 1 aromatic heterocycles. The van der Waals surface area contributed by atoms with E-state index in [1.165, 1.54) is 12.4 Å². The third-order valence-electron chi connectivity index (χ3n) is 7.68. The van der Waals surface area contributed by atoms with Crippen LogP contribution in [-0.4, -0.2) is 69.3 Å². The van der Waals surface area contributed by atoms with Crippen LogP contribution in [0.5, 0.6) is 0 Å². The smallest absolute Gasteiger partial charge is 0.370 e. The van der Waals surface area contributed by atoms with Crippen LogP contribution >= 0.6 is 0 Å². The molecular weight excluding hydrogens is 473 g/mol. The van der Waals surface area contributed by atoms with Crippen LogP contribution in [-0.2, 0) is 15.8 Å². The van der Waals surface area contributed by atoms with Crippen LogP contribution in [0, 0.1) is 5.92 Å². The molecule has 1 saturated heterocycles. The molecule has 36 heavy (non-hydrogen) atoms. The quantitative estimate of drug-likeness (QED) is 0.597. The van der Waals surface area contributed by atoms with E-state index in [1.807, 2.05) is 4.90 Å². The third kappa shape index (κ3) is 5.40. The van der Waals surface area contributed by atoms with Gasteiger partial charge in [-0.25, -0.2) is 9.97 Å². The van der Waals surface area contributed by atoms with Gasteiger partial charge in [-0.2, -0.15) is 13.2 Å². The molecule has 1 aromatic carbocycles. The Morgan fingerprint density at radius 3 is 2.67 bits per heavy atom. The summed E-state index contributed by atoms with van der Waals surface area (Å²) >= 11 is 0. The zero-order chi connectivity index (χ0) is 26.2. The lowest BCUT2D eigenvalue weighted by atomic mass is 9.78. The van der Waals surface area contributed by atoms with E-state index in [-0.39, 0.29) is 41.4 Å². The fourth-order valence-corrected chi connectivity index (χ4v) is 5.58. The van der Waals surface area contributed by atoms with E-state index < -0.39 is 17.8 Å². The van der Waals surface area contributed by atoms with E-state index in [4.69, 9.17) is 5.73 Å². The van der Waals surface area contributed by atoms with Crippen molar-refractivity contribution in [2.24, 2.45) is 11.7 Å². The van der Waals surface area contributed by atoms with Gasteiger partial charge in [0.1, 0.15) is 18.2 Å². The predicted octanol–water partition coefficient (Wildman–Crippen LogP) is 3.41. The Balaban J connectivity index is 1.52. The van der Waals surface area contributed by atoms with Gasteiger partial charge in [-0.1, -0.05) is 0 Å². The topological polar surface area (TPSA) is 104 Å². The number of anilines is 1. The van der Waals surface area contributed by atoms with Crippen molar-refractivity contribution in [2.75, 3.05) is 18.9 Å². The zero-order valence-corrected chi connectivity index (χ0v) is 20.8. The molecule has 1 saturated carbocycles. The van der Waals surface area contributed by atoms with E-state index in [9.17, 15) is 22.8 Å². The molecule has 4 rings (SSSR count). The molecule has 11 heteroatoms. The second kappa shape index (κ2) is 10.2. The van der Waals surface area contributed by atoms with Gasteiger partial charge in [-0.05, 0) is 70.7 Å². The van der Waals surface area contributed by atoms with Crippen molar-refractivity contribution in [3.63, 3.8) is 0 Å². The highest BCUT2D eigenvalue weighted by atomic mass is 19.4. The number of nitrogens with zero attached hydrogens (tertiary/aromatic N) is 4. The molecule has 1 aliphatic heterocycles. The van der Waals surface area contributed by atoms with E-state index in [0.29, 0.717) is 30.6 Å². The maximum atomic E-state index is 13.4. The Kier molecular flexibility index (Phi) is 7.40. The summed E-state index contributed by atoms with van der Waals surface area (Å²) in [5, 5.41) is 3.28. The zero-order valence-electron chi connectivity index (χ0n) is 20.8. The summed E-state index contributed by atoms with van der Waals surface area (Å²) in [6, 6.07) is 3.23. The maximum absolute atomic E-state index is 13.4. The molecule has 0 spiro atoms. The summed E-state index contributed by atoms with van der Waals surface area (Å²) in [4.78, 5) is 37.6. The van der Waals surface area contributed by atoms with Crippen molar-refractivity contribution < 1.29 is 22.8 Å². The van der Waals surface area contributed by atoms with Crippen LogP contribution in [0.25, 0.3) is 10.9 Å². The van der Waals surface area contributed by atoms with Crippen molar-refractivity contribution in [3.05, 3.63) is 30.1 Å². The van der Waals surface area contributed by atoms with E-state index in [2.05, 4.69) is 41.1 Å². The summed E-state index contributed by atoms with van der Waals surface area (Å²) in [6.07, 6.45) is -0.0778. The number of nitrogens with one attached hydrogen (secondary N) is 1. The lowest BCUT2D eigenvalue weighted by Gasteiger charge is -2.44. The lowest BCUT2D eigenvalue weighted by molar-refractivity contribution is -0.137. The Hall–Kier alpha value is -2.95. The molecule has 2 fully saturated rings. The van der Waals surface area contributed by atoms with Gasteiger partial charge < -0.3 is 20.9 Å². The summed E-state index contributed by atoms with van der Waals surface area (Å²) in [5.74, 6) is -0.363. The highest BCUT2D eigenvalue weighted by Crippen LogP contribution is 2.37. The van der Waals surface area contributed by atoms with E-state index in [0.717, 1.165) is 31.4 Å². The molecule has 2 amide bonds. The van der Waals surface area contributed by atoms with Crippen molar-refractivity contribution in [1.29, 1.82) is 0 Å². The number of carbonyl (C=O) groups excluding carboxylic acids is 2. The summed E-state index contributed by atoms with van der Waals surface area (Å²) in [5.41, 5.74) is 5.12. The highest BCUT2D eigenvalue weighted by molar-refractivity contribution is 5.93. The van der Waals surface area contributed by atoms with Crippen molar-refractivity contribution in [1.82, 2.24) is 19.8 Å².